The van der Waals surface area contributed by atoms with Crippen molar-refractivity contribution in [3.8, 4) is 5.75 Å². The molecule has 0 aromatic heterocycles. The molecule has 0 saturated heterocycles. The average Bonchev–Trinajstić information content (AvgIpc) is 2.90. The number of rotatable bonds is 15. The van der Waals surface area contributed by atoms with Crippen LogP contribution in [0.25, 0.3) is 0 Å². The second-order valence-electron chi connectivity index (χ2n) is 9.18. The molecule has 0 bridgehead atoms. The van der Waals surface area contributed by atoms with E-state index in [0.29, 0.717) is 12.8 Å². The highest BCUT2D eigenvalue weighted by Gasteiger charge is 2.28. The first-order valence-electron chi connectivity index (χ1n) is 12.4. The third-order valence-corrected chi connectivity index (χ3v) is 6.24. The highest BCUT2D eigenvalue weighted by atomic mass is 16.3. The topological polar surface area (TPSA) is 150 Å². The number of nitrogens with zero attached hydrogens (tertiary/aromatic N) is 1. The Kier molecular flexibility index (Phi) is 11.9. The van der Waals surface area contributed by atoms with Gasteiger partial charge < -0.3 is 26.2 Å². The van der Waals surface area contributed by atoms with Crippen LogP contribution in [-0.2, 0) is 32.0 Å². The minimum atomic E-state index is -0.878. The SMILES string of the molecule is C[C@@H](NC(=O)[C@@H](N)Cc1ccc(O)cc1)C(=O)CCC(=O)N(C)[C@@H](Cc1ccccc1)C(=O)CCCO. The number of ketones is 2. The van der Waals surface area contributed by atoms with Crippen molar-refractivity contribution >= 4 is 23.4 Å². The Morgan fingerprint density at radius 1 is 0.892 bits per heavy atom. The van der Waals surface area contributed by atoms with Gasteiger partial charge >= 0.3 is 0 Å². The quantitative estimate of drug-likeness (QED) is 0.283. The van der Waals surface area contributed by atoms with E-state index in [4.69, 9.17) is 10.8 Å². The van der Waals surface area contributed by atoms with Crippen molar-refractivity contribution in [1.29, 1.82) is 0 Å². The van der Waals surface area contributed by atoms with Gasteiger partial charge in [0.05, 0.1) is 18.1 Å². The molecule has 2 rings (SSSR count). The van der Waals surface area contributed by atoms with E-state index < -0.39 is 24.0 Å². The van der Waals surface area contributed by atoms with E-state index in [0.717, 1.165) is 11.1 Å². The molecule has 0 unspecified atom stereocenters. The monoisotopic (exact) mass is 511 g/mol. The lowest BCUT2D eigenvalue weighted by Crippen LogP contribution is -2.48. The zero-order valence-electron chi connectivity index (χ0n) is 21.4. The lowest BCUT2D eigenvalue weighted by molar-refractivity contribution is -0.139. The molecular formula is C28H37N3O6. The van der Waals surface area contributed by atoms with Gasteiger partial charge in [0.1, 0.15) is 5.75 Å². The van der Waals surface area contributed by atoms with Crippen LogP contribution in [0.15, 0.2) is 54.6 Å². The van der Waals surface area contributed by atoms with E-state index in [2.05, 4.69) is 5.32 Å². The van der Waals surface area contributed by atoms with Crippen LogP contribution < -0.4 is 11.1 Å². The summed E-state index contributed by atoms with van der Waals surface area (Å²) in [6, 6.07) is 13.3. The van der Waals surface area contributed by atoms with E-state index in [9.17, 15) is 24.3 Å². The van der Waals surface area contributed by atoms with E-state index in [-0.39, 0.29) is 55.5 Å². The number of hydrogen-bond acceptors (Lipinski definition) is 7. The largest absolute Gasteiger partial charge is 0.508 e. The van der Waals surface area contributed by atoms with Crippen LogP contribution in [-0.4, -0.2) is 70.3 Å². The van der Waals surface area contributed by atoms with Gasteiger partial charge in [-0.25, -0.2) is 0 Å². The third kappa shape index (κ3) is 9.78. The number of aromatic hydroxyl groups is 1. The second kappa shape index (κ2) is 14.9. The van der Waals surface area contributed by atoms with E-state index in [1.165, 1.54) is 17.0 Å². The van der Waals surface area contributed by atoms with Crippen molar-refractivity contribution < 1.29 is 29.4 Å². The maximum absolute atomic E-state index is 12.9. The summed E-state index contributed by atoms with van der Waals surface area (Å²) in [6.45, 7) is 1.43. The van der Waals surface area contributed by atoms with Gasteiger partial charge in [-0.05, 0) is 49.4 Å². The predicted octanol–water partition coefficient (Wildman–Crippen LogP) is 1.53. The number of aliphatic hydroxyl groups is 1. The van der Waals surface area contributed by atoms with E-state index in [1.54, 1.807) is 26.1 Å². The maximum atomic E-state index is 12.9. The first-order valence-corrected chi connectivity index (χ1v) is 12.4. The molecule has 0 saturated carbocycles. The van der Waals surface area contributed by atoms with Gasteiger partial charge in [-0.2, -0.15) is 0 Å². The van der Waals surface area contributed by atoms with E-state index >= 15 is 0 Å². The maximum Gasteiger partial charge on any atom is 0.237 e. The van der Waals surface area contributed by atoms with Crippen molar-refractivity contribution in [2.24, 2.45) is 5.73 Å². The van der Waals surface area contributed by atoms with Crippen LogP contribution >= 0.6 is 0 Å². The van der Waals surface area contributed by atoms with Crippen LogP contribution in [0, 0.1) is 0 Å². The molecule has 9 heteroatoms. The summed E-state index contributed by atoms with van der Waals surface area (Å²) in [7, 11) is 1.55. The Bertz CT molecular complexity index is 1040. The summed E-state index contributed by atoms with van der Waals surface area (Å²) in [5, 5.41) is 21.1. The first kappa shape index (κ1) is 29.7. The second-order valence-corrected chi connectivity index (χ2v) is 9.18. The number of carbonyl (C=O) groups is 4. The minimum Gasteiger partial charge on any atom is -0.508 e. The van der Waals surface area contributed by atoms with Crippen LogP contribution in [0.1, 0.15) is 43.7 Å². The average molecular weight is 512 g/mol. The summed E-state index contributed by atoms with van der Waals surface area (Å²) in [5.41, 5.74) is 7.64. The molecule has 3 atom stereocenters. The minimum absolute atomic E-state index is 0.0965. The fraction of sp³-hybridized carbons (Fsp3) is 0.429. The van der Waals surface area contributed by atoms with Gasteiger partial charge in [0, 0.05) is 32.9 Å². The fourth-order valence-electron chi connectivity index (χ4n) is 3.90. The summed E-state index contributed by atoms with van der Waals surface area (Å²) in [6.07, 6.45) is 0.846. The lowest BCUT2D eigenvalue weighted by atomic mass is 9.98. The zero-order valence-corrected chi connectivity index (χ0v) is 21.4. The molecule has 2 amide bonds. The van der Waals surface area contributed by atoms with Gasteiger partial charge in [0.2, 0.25) is 11.8 Å². The Morgan fingerprint density at radius 3 is 2.14 bits per heavy atom. The molecule has 0 fully saturated rings. The number of nitrogens with one attached hydrogen (secondary N) is 1. The van der Waals surface area contributed by atoms with Gasteiger partial charge in [-0.3, -0.25) is 19.2 Å². The van der Waals surface area contributed by atoms with Crippen LogP contribution in [0.3, 0.4) is 0 Å². The standard InChI is InChI=1S/C28H37N3O6/c1-19(30-28(37)23(29)17-21-10-12-22(33)13-11-21)25(34)14-15-27(36)31(2)24(26(35)9-6-16-32)18-20-7-4-3-5-8-20/h3-5,7-8,10-13,19,23-24,32-33H,6,9,14-18,29H2,1-2H3,(H,30,37)/t19-,23+,24+/m1/s1. The van der Waals surface area contributed by atoms with Crippen LogP contribution in [0.2, 0.25) is 0 Å². The van der Waals surface area contributed by atoms with Crippen molar-refractivity contribution in [2.75, 3.05) is 13.7 Å². The first-order chi connectivity index (χ1) is 17.6. The van der Waals surface area contributed by atoms with Crippen molar-refractivity contribution in [2.45, 2.75) is 63.6 Å². The van der Waals surface area contributed by atoms with Gasteiger partial charge in [0.25, 0.3) is 0 Å². The Labute approximate surface area is 217 Å². The molecule has 0 aliphatic rings. The van der Waals surface area contributed by atoms with Gasteiger partial charge in [0.15, 0.2) is 11.6 Å². The molecule has 2 aromatic rings. The number of phenols is 1. The Hall–Kier alpha value is -3.56. The zero-order chi connectivity index (χ0) is 27.4. The molecule has 37 heavy (non-hydrogen) atoms. The lowest BCUT2D eigenvalue weighted by Gasteiger charge is -2.27. The third-order valence-electron chi connectivity index (χ3n) is 6.24. The number of amides is 2. The molecule has 5 N–H and O–H groups in total. The molecule has 0 heterocycles. The van der Waals surface area contributed by atoms with E-state index in [1.807, 2.05) is 30.3 Å². The van der Waals surface area contributed by atoms with Crippen LogP contribution in [0.5, 0.6) is 5.75 Å². The Morgan fingerprint density at radius 2 is 1.51 bits per heavy atom. The highest BCUT2D eigenvalue weighted by molar-refractivity contribution is 5.94. The van der Waals surface area contributed by atoms with Gasteiger partial charge in [-0.15, -0.1) is 0 Å². The molecule has 0 aliphatic carbocycles. The molecular weight excluding hydrogens is 474 g/mol. The summed E-state index contributed by atoms with van der Waals surface area (Å²) in [5.74, 6) is -1.20. The molecule has 0 radical (unpaired) electrons. The molecule has 0 aliphatic heterocycles. The molecule has 2 aromatic carbocycles. The number of benzene rings is 2. The number of hydrogen-bond donors (Lipinski definition) is 4. The smallest absolute Gasteiger partial charge is 0.237 e. The number of aliphatic hydroxyl groups excluding tert-OH is 1. The highest BCUT2D eigenvalue weighted by Crippen LogP contribution is 2.14. The number of phenolic OH excluding ortho intramolecular Hbond substituents is 1. The van der Waals surface area contributed by atoms with Gasteiger partial charge in [-0.1, -0.05) is 42.5 Å². The fourth-order valence-corrected chi connectivity index (χ4v) is 3.90. The van der Waals surface area contributed by atoms with Crippen LogP contribution in [0.4, 0.5) is 0 Å². The van der Waals surface area contributed by atoms with Crippen molar-refractivity contribution in [3.63, 3.8) is 0 Å². The number of nitrogens with two attached hydrogens (primary N) is 1. The molecule has 200 valence electrons. The van der Waals surface area contributed by atoms with Crippen molar-refractivity contribution in [1.82, 2.24) is 10.2 Å². The number of likely N-dealkylation sites (N-methyl/N-ethyl adjacent to an activating group) is 1. The number of Topliss-reactive ketones (excluding diaryl/α,β-unsaturated/α-hetero) is 2. The molecule has 0 spiro atoms. The summed E-state index contributed by atoms with van der Waals surface area (Å²) >= 11 is 0. The predicted molar refractivity (Wildman–Crippen MR) is 140 cm³/mol. The summed E-state index contributed by atoms with van der Waals surface area (Å²) < 4.78 is 0. The molecule has 9 nitrogen and oxygen atoms in total. The summed E-state index contributed by atoms with van der Waals surface area (Å²) in [4.78, 5) is 52.1. The number of carbonyl (C=O) groups excluding carboxylic acids is 4. The Balaban J connectivity index is 1.90. The normalized spacial score (nSPS) is 13.3. The van der Waals surface area contributed by atoms with Crippen molar-refractivity contribution in [3.05, 3.63) is 65.7 Å².